The van der Waals surface area contributed by atoms with Gasteiger partial charge in [-0.3, -0.25) is 9.80 Å². The number of nitrogens with zero attached hydrogens (tertiary/aromatic N) is 3. The van der Waals surface area contributed by atoms with Crippen LogP contribution in [-0.4, -0.2) is 73.6 Å². The van der Waals surface area contributed by atoms with Gasteiger partial charge in [0.1, 0.15) is 5.82 Å². The average Bonchev–Trinajstić information content (AvgIpc) is 2.94. The SMILES string of the molecule is C[C@H]1CN(C2CCCCC2)CCN1COC[C@H]1CCC[C@@H](c2cccc(F)c2)N1S(=O)(=O)c1ccc(Cl)cc1. The molecule has 3 fully saturated rings. The Hall–Kier alpha value is -1.55. The van der Waals surface area contributed by atoms with Gasteiger partial charge in [0.15, 0.2) is 0 Å². The van der Waals surface area contributed by atoms with Crippen LogP contribution in [0.1, 0.15) is 69.9 Å². The van der Waals surface area contributed by atoms with Crippen LogP contribution >= 0.6 is 11.6 Å². The van der Waals surface area contributed by atoms with Gasteiger partial charge in [0.25, 0.3) is 0 Å². The molecule has 0 aromatic heterocycles. The second-order valence-electron chi connectivity index (χ2n) is 11.4. The molecule has 0 spiro atoms. The van der Waals surface area contributed by atoms with Crippen molar-refractivity contribution >= 4 is 21.6 Å². The Labute approximate surface area is 238 Å². The zero-order valence-corrected chi connectivity index (χ0v) is 24.4. The van der Waals surface area contributed by atoms with Crippen molar-refractivity contribution in [3.05, 3.63) is 64.9 Å². The Morgan fingerprint density at radius 1 is 0.974 bits per heavy atom. The van der Waals surface area contributed by atoms with Crippen molar-refractivity contribution in [1.82, 2.24) is 14.1 Å². The van der Waals surface area contributed by atoms with Gasteiger partial charge in [-0.05, 0) is 81.0 Å². The van der Waals surface area contributed by atoms with E-state index in [-0.39, 0.29) is 16.8 Å². The first-order valence-electron chi connectivity index (χ1n) is 14.4. The van der Waals surface area contributed by atoms with Crippen molar-refractivity contribution in [2.45, 2.75) is 87.4 Å². The molecule has 0 radical (unpaired) electrons. The molecule has 2 heterocycles. The quantitative estimate of drug-likeness (QED) is 0.381. The van der Waals surface area contributed by atoms with Crippen molar-refractivity contribution in [2.24, 2.45) is 0 Å². The summed E-state index contributed by atoms with van der Waals surface area (Å²) < 4.78 is 50.0. The summed E-state index contributed by atoms with van der Waals surface area (Å²) in [7, 11) is -3.87. The number of piperidine rings is 1. The van der Waals surface area contributed by atoms with Crippen LogP contribution in [0.4, 0.5) is 4.39 Å². The maximum atomic E-state index is 14.2. The summed E-state index contributed by atoms with van der Waals surface area (Å²) in [6.07, 6.45) is 8.86. The number of ether oxygens (including phenoxy) is 1. The highest BCUT2D eigenvalue weighted by atomic mass is 35.5. The number of rotatable bonds is 8. The van der Waals surface area contributed by atoms with Gasteiger partial charge in [-0.25, -0.2) is 12.8 Å². The van der Waals surface area contributed by atoms with E-state index in [1.165, 1.54) is 44.2 Å². The highest BCUT2D eigenvalue weighted by molar-refractivity contribution is 7.89. The lowest BCUT2D eigenvalue weighted by Crippen LogP contribution is -2.55. The molecule has 0 bridgehead atoms. The smallest absolute Gasteiger partial charge is 0.243 e. The minimum absolute atomic E-state index is 0.188. The summed E-state index contributed by atoms with van der Waals surface area (Å²) in [5.41, 5.74) is 0.671. The Balaban J connectivity index is 1.28. The first-order valence-corrected chi connectivity index (χ1v) is 16.2. The molecular formula is C30H41ClFN3O3S. The van der Waals surface area contributed by atoms with E-state index in [1.54, 1.807) is 34.6 Å². The summed E-state index contributed by atoms with van der Waals surface area (Å²) in [6.45, 7) is 6.11. The highest BCUT2D eigenvalue weighted by Gasteiger charge is 2.41. The van der Waals surface area contributed by atoms with Crippen molar-refractivity contribution in [3.8, 4) is 0 Å². The van der Waals surface area contributed by atoms with E-state index >= 15 is 0 Å². The van der Waals surface area contributed by atoms with Gasteiger partial charge < -0.3 is 4.74 Å². The van der Waals surface area contributed by atoms with Crippen LogP contribution < -0.4 is 0 Å². The molecule has 39 heavy (non-hydrogen) atoms. The van der Waals surface area contributed by atoms with Crippen LogP contribution in [-0.2, 0) is 14.8 Å². The van der Waals surface area contributed by atoms with E-state index in [1.807, 2.05) is 6.07 Å². The summed E-state index contributed by atoms with van der Waals surface area (Å²) >= 11 is 6.05. The van der Waals surface area contributed by atoms with Crippen molar-refractivity contribution in [1.29, 1.82) is 0 Å². The molecule has 214 valence electrons. The third kappa shape index (κ3) is 6.85. The third-order valence-corrected chi connectivity index (χ3v) is 11.0. The number of hydrogen-bond acceptors (Lipinski definition) is 5. The minimum atomic E-state index is -3.87. The lowest BCUT2D eigenvalue weighted by molar-refractivity contribution is -0.0503. The fraction of sp³-hybridized carbons (Fsp3) is 0.600. The second kappa shape index (κ2) is 13.0. The van der Waals surface area contributed by atoms with Gasteiger partial charge in [0.05, 0.1) is 24.3 Å². The van der Waals surface area contributed by atoms with Gasteiger partial charge in [-0.2, -0.15) is 4.31 Å². The molecule has 9 heteroatoms. The Kier molecular flexibility index (Phi) is 9.62. The summed E-state index contributed by atoms with van der Waals surface area (Å²) in [6, 6.07) is 12.9. The fourth-order valence-electron chi connectivity index (χ4n) is 6.63. The van der Waals surface area contributed by atoms with E-state index in [0.29, 0.717) is 42.8 Å². The molecule has 5 rings (SSSR count). The first kappa shape index (κ1) is 29.0. The average molecular weight is 578 g/mol. The number of piperazine rings is 1. The van der Waals surface area contributed by atoms with Gasteiger partial charge in [-0.1, -0.05) is 43.0 Å². The molecule has 3 atom stereocenters. The fourth-order valence-corrected chi connectivity index (χ4v) is 8.60. The van der Waals surface area contributed by atoms with Gasteiger partial charge in [0, 0.05) is 42.8 Å². The number of halogens is 2. The van der Waals surface area contributed by atoms with Crippen molar-refractivity contribution < 1.29 is 17.5 Å². The Morgan fingerprint density at radius 2 is 1.74 bits per heavy atom. The standard InChI is InChI=1S/C30H41ClFN3O3S/c1-23-20-33(27-9-3-2-4-10-27)17-18-34(23)22-38-21-28-11-6-12-30(24-7-5-8-26(32)19-24)35(28)39(36,37)29-15-13-25(31)14-16-29/h5,7-8,13-16,19,23,27-28,30H,2-4,6,9-12,17-18,20-22H2,1H3/t23-,28+,30-/m0/s1. The van der Waals surface area contributed by atoms with Crippen LogP contribution in [0.5, 0.6) is 0 Å². The van der Waals surface area contributed by atoms with E-state index in [9.17, 15) is 12.8 Å². The summed E-state index contributed by atoms with van der Waals surface area (Å²) in [5, 5.41) is 0.479. The molecule has 2 aromatic rings. The number of sulfonamides is 1. The molecule has 2 aromatic carbocycles. The van der Waals surface area contributed by atoms with Gasteiger partial charge in [0.2, 0.25) is 10.0 Å². The predicted molar refractivity (Wildman–Crippen MR) is 153 cm³/mol. The molecule has 0 amide bonds. The molecule has 2 saturated heterocycles. The normalized spacial score (nSPS) is 26.6. The maximum absolute atomic E-state index is 14.2. The third-order valence-electron chi connectivity index (χ3n) is 8.76. The lowest BCUT2D eigenvalue weighted by Gasteiger charge is -2.44. The van der Waals surface area contributed by atoms with Crippen LogP contribution in [0, 0.1) is 5.82 Å². The van der Waals surface area contributed by atoms with Crippen LogP contribution in [0.3, 0.4) is 0 Å². The van der Waals surface area contributed by atoms with Crippen molar-refractivity contribution in [3.63, 3.8) is 0 Å². The molecule has 0 N–H and O–H groups in total. The van der Waals surface area contributed by atoms with Crippen LogP contribution in [0.25, 0.3) is 0 Å². The second-order valence-corrected chi connectivity index (χ2v) is 13.7. The summed E-state index contributed by atoms with van der Waals surface area (Å²) in [4.78, 5) is 5.21. The zero-order valence-electron chi connectivity index (χ0n) is 22.9. The predicted octanol–water partition coefficient (Wildman–Crippen LogP) is 6.08. The Morgan fingerprint density at radius 3 is 2.46 bits per heavy atom. The molecule has 0 unspecified atom stereocenters. The summed E-state index contributed by atoms with van der Waals surface area (Å²) in [5.74, 6) is -0.365. The van der Waals surface area contributed by atoms with Crippen LogP contribution in [0.2, 0.25) is 5.02 Å². The lowest BCUT2D eigenvalue weighted by atomic mass is 9.93. The molecule has 1 aliphatic carbocycles. The van der Waals surface area contributed by atoms with Crippen LogP contribution in [0.15, 0.2) is 53.4 Å². The number of benzene rings is 2. The molecule has 1 saturated carbocycles. The molecule has 3 aliphatic rings. The zero-order chi connectivity index (χ0) is 27.4. The van der Waals surface area contributed by atoms with E-state index in [2.05, 4.69) is 16.7 Å². The number of hydrogen-bond donors (Lipinski definition) is 0. The molecule has 2 aliphatic heterocycles. The van der Waals surface area contributed by atoms with Gasteiger partial charge >= 0.3 is 0 Å². The highest BCUT2D eigenvalue weighted by Crippen LogP contribution is 2.39. The van der Waals surface area contributed by atoms with E-state index in [0.717, 1.165) is 32.1 Å². The topological polar surface area (TPSA) is 53.1 Å². The monoisotopic (exact) mass is 577 g/mol. The van der Waals surface area contributed by atoms with E-state index < -0.39 is 16.1 Å². The minimum Gasteiger partial charge on any atom is -0.364 e. The molecule has 6 nitrogen and oxygen atoms in total. The van der Waals surface area contributed by atoms with E-state index in [4.69, 9.17) is 16.3 Å². The Bertz CT molecular complexity index is 1190. The molecular weight excluding hydrogens is 537 g/mol. The maximum Gasteiger partial charge on any atom is 0.243 e. The largest absolute Gasteiger partial charge is 0.364 e. The van der Waals surface area contributed by atoms with Gasteiger partial charge in [-0.15, -0.1) is 0 Å². The van der Waals surface area contributed by atoms with Crippen molar-refractivity contribution in [2.75, 3.05) is 33.0 Å². The first-order chi connectivity index (χ1) is 18.8.